The van der Waals surface area contributed by atoms with Gasteiger partial charge in [0.15, 0.2) is 0 Å². The van der Waals surface area contributed by atoms with Gasteiger partial charge in [-0.05, 0) is 18.9 Å². The highest BCUT2D eigenvalue weighted by Crippen LogP contribution is 2.32. The third-order valence-electron chi connectivity index (χ3n) is 3.42. The van der Waals surface area contributed by atoms with Crippen molar-refractivity contribution >= 4 is 0 Å². The molecule has 0 unspecified atom stereocenters. The molecule has 0 saturated heterocycles. The number of fused-ring (bicyclic) bond motifs is 1. The SMILES string of the molecule is CC(C)[C@H](C)N[C@@H]1CCOc2ccccc21. The van der Waals surface area contributed by atoms with Crippen molar-refractivity contribution < 1.29 is 4.74 Å². The van der Waals surface area contributed by atoms with Crippen LogP contribution in [0.2, 0.25) is 0 Å². The van der Waals surface area contributed by atoms with Crippen molar-refractivity contribution in [3.8, 4) is 5.75 Å². The molecule has 1 aromatic rings. The van der Waals surface area contributed by atoms with Crippen LogP contribution in [0.4, 0.5) is 0 Å². The van der Waals surface area contributed by atoms with E-state index in [-0.39, 0.29) is 0 Å². The van der Waals surface area contributed by atoms with Crippen LogP contribution in [0.25, 0.3) is 0 Å². The first kappa shape index (κ1) is 11.5. The van der Waals surface area contributed by atoms with Gasteiger partial charge in [-0.2, -0.15) is 0 Å². The molecule has 0 aromatic heterocycles. The second-order valence-corrected chi connectivity index (χ2v) is 4.93. The summed E-state index contributed by atoms with van der Waals surface area (Å²) in [4.78, 5) is 0. The summed E-state index contributed by atoms with van der Waals surface area (Å²) >= 11 is 0. The van der Waals surface area contributed by atoms with E-state index in [0.29, 0.717) is 18.0 Å². The Morgan fingerprint density at radius 1 is 1.25 bits per heavy atom. The van der Waals surface area contributed by atoms with E-state index in [9.17, 15) is 0 Å². The molecule has 0 amide bonds. The Morgan fingerprint density at radius 3 is 2.75 bits per heavy atom. The van der Waals surface area contributed by atoms with Gasteiger partial charge in [0, 0.05) is 24.1 Å². The van der Waals surface area contributed by atoms with Crippen LogP contribution in [0.15, 0.2) is 24.3 Å². The van der Waals surface area contributed by atoms with Crippen molar-refractivity contribution in [2.24, 2.45) is 5.92 Å². The number of rotatable bonds is 3. The molecule has 0 spiro atoms. The van der Waals surface area contributed by atoms with E-state index < -0.39 is 0 Å². The Balaban J connectivity index is 2.13. The van der Waals surface area contributed by atoms with E-state index in [1.165, 1.54) is 5.56 Å². The van der Waals surface area contributed by atoms with Gasteiger partial charge in [0.05, 0.1) is 6.61 Å². The number of benzene rings is 1. The lowest BCUT2D eigenvalue weighted by Crippen LogP contribution is -2.36. The lowest BCUT2D eigenvalue weighted by Gasteiger charge is -2.30. The van der Waals surface area contributed by atoms with Crippen molar-refractivity contribution in [1.29, 1.82) is 0 Å². The molecule has 1 aliphatic heterocycles. The average Bonchev–Trinajstić information content (AvgIpc) is 2.29. The zero-order valence-corrected chi connectivity index (χ0v) is 10.4. The summed E-state index contributed by atoms with van der Waals surface area (Å²) in [7, 11) is 0. The Morgan fingerprint density at radius 2 is 2.00 bits per heavy atom. The molecule has 2 nitrogen and oxygen atoms in total. The van der Waals surface area contributed by atoms with Gasteiger partial charge in [-0.15, -0.1) is 0 Å². The zero-order chi connectivity index (χ0) is 11.5. The summed E-state index contributed by atoms with van der Waals surface area (Å²) in [6.07, 6.45) is 1.06. The molecule has 88 valence electrons. The van der Waals surface area contributed by atoms with Crippen LogP contribution >= 0.6 is 0 Å². The van der Waals surface area contributed by atoms with E-state index in [0.717, 1.165) is 18.8 Å². The third kappa shape index (κ3) is 2.38. The van der Waals surface area contributed by atoms with E-state index in [1.807, 2.05) is 6.07 Å². The first-order chi connectivity index (χ1) is 7.68. The van der Waals surface area contributed by atoms with Crippen LogP contribution in [0, 0.1) is 5.92 Å². The molecule has 0 fully saturated rings. The van der Waals surface area contributed by atoms with Crippen molar-refractivity contribution in [1.82, 2.24) is 5.32 Å². The van der Waals surface area contributed by atoms with Crippen LogP contribution in [0.5, 0.6) is 5.75 Å². The summed E-state index contributed by atoms with van der Waals surface area (Å²) in [5.74, 6) is 1.71. The van der Waals surface area contributed by atoms with Crippen molar-refractivity contribution in [2.45, 2.75) is 39.3 Å². The molecule has 0 radical (unpaired) electrons. The maximum Gasteiger partial charge on any atom is 0.124 e. The summed E-state index contributed by atoms with van der Waals surface area (Å²) in [6.45, 7) is 7.58. The summed E-state index contributed by atoms with van der Waals surface area (Å²) in [6, 6.07) is 9.33. The predicted octanol–water partition coefficient (Wildman–Crippen LogP) is 3.14. The summed E-state index contributed by atoms with van der Waals surface area (Å²) in [5, 5.41) is 3.69. The Labute approximate surface area is 98.0 Å². The normalized spacial score (nSPS) is 21.4. The molecular weight excluding hydrogens is 198 g/mol. The molecule has 1 N–H and O–H groups in total. The first-order valence-electron chi connectivity index (χ1n) is 6.16. The monoisotopic (exact) mass is 219 g/mol. The largest absolute Gasteiger partial charge is 0.493 e. The maximum absolute atomic E-state index is 5.66. The van der Waals surface area contributed by atoms with Gasteiger partial charge in [0.2, 0.25) is 0 Å². The van der Waals surface area contributed by atoms with Gasteiger partial charge in [0.1, 0.15) is 5.75 Å². The number of hydrogen-bond donors (Lipinski definition) is 1. The molecule has 2 rings (SSSR count). The second kappa shape index (κ2) is 4.88. The predicted molar refractivity (Wildman–Crippen MR) is 66.7 cm³/mol. The van der Waals surface area contributed by atoms with Crippen LogP contribution in [0.1, 0.15) is 38.8 Å². The van der Waals surface area contributed by atoms with Gasteiger partial charge < -0.3 is 10.1 Å². The highest BCUT2D eigenvalue weighted by Gasteiger charge is 2.22. The Hall–Kier alpha value is -1.02. The molecule has 0 saturated carbocycles. The fourth-order valence-electron chi connectivity index (χ4n) is 2.02. The Kier molecular flexibility index (Phi) is 3.49. The third-order valence-corrected chi connectivity index (χ3v) is 3.42. The lowest BCUT2D eigenvalue weighted by molar-refractivity contribution is 0.237. The lowest BCUT2D eigenvalue weighted by atomic mass is 9.97. The highest BCUT2D eigenvalue weighted by molar-refractivity contribution is 5.37. The van der Waals surface area contributed by atoms with Gasteiger partial charge in [-0.1, -0.05) is 32.0 Å². The quantitative estimate of drug-likeness (QED) is 0.843. The molecular formula is C14H21NO. The summed E-state index contributed by atoms with van der Waals surface area (Å²) in [5.41, 5.74) is 1.31. The van der Waals surface area contributed by atoms with E-state index in [2.05, 4.69) is 44.3 Å². The van der Waals surface area contributed by atoms with Gasteiger partial charge >= 0.3 is 0 Å². The molecule has 1 heterocycles. The fraction of sp³-hybridized carbons (Fsp3) is 0.571. The minimum absolute atomic E-state index is 0.447. The molecule has 16 heavy (non-hydrogen) atoms. The molecule has 1 aromatic carbocycles. The van der Waals surface area contributed by atoms with Gasteiger partial charge in [-0.25, -0.2) is 0 Å². The highest BCUT2D eigenvalue weighted by atomic mass is 16.5. The van der Waals surface area contributed by atoms with Crippen LogP contribution in [-0.4, -0.2) is 12.6 Å². The number of nitrogens with one attached hydrogen (secondary N) is 1. The topological polar surface area (TPSA) is 21.3 Å². The van der Waals surface area contributed by atoms with E-state index in [1.54, 1.807) is 0 Å². The van der Waals surface area contributed by atoms with Crippen molar-refractivity contribution in [2.75, 3.05) is 6.61 Å². The minimum atomic E-state index is 0.447. The van der Waals surface area contributed by atoms with Gasteiger partial charge in [0.25, 0.3) is 0 Å². The number of hydrogen-bond acceptors (Lipinski definition) is 2. The second-order valence-electron chi connectivity index (χ2n) is 4.93. The van der Waals surface area contributed by atoms with Gasteiger partial charge in [-0.3, -0.25) is 0 Å². The zero-order valence-electron chi connectivity index (χ0n) is 10.4. The molecule has 2 atom stereocenters. The minimum Gasteiger partial charge on any atom is -0.493 e. The number of ether oxygens (including phenoxy) is 1. The number of para-hydroxylation sites is 1. The molecule has 0 aliphatic carbocycles. The molecule has 1 aliphatic rings. The summed E-state index contributed by atoms with van der Waals surface area (Å²) < 4.78 is 5.66. The first-order valence-corrected chi connectivity index (χ1v) is 6.16. The van der Waals surface area contributed by atoms with Crippen molar-refractivity contribution in [3.05, 3.63) is 29.8 Å². The van der Waals surface area contributed by atoms with Crippen molar-refractivity contribution in [3.63, 3.8) is 0 Å². The smallest absolute Gasteiger partial charge is 0.124 e. The molecule has 0 bridgehead atoms. The Bertz CT molecular complexity index is 348. The fourth-order valence-corrected chi connectivity index (χ4v) is 2.02. The average molecular weight is 219 g/mol. The van der Waals surface area contributed by atoms with Crippen LogP contribution in [0.3, 0.4) is 0 Å². The van der Waals surface area contributed by atoms with Crippen LogP contribution in [-0.2, 0) is 0 Å². The van der Waals surface area contributed by atoms with E-state index >= 15 is 0 Å². The molecule has 2 heteroatoms. The standard InChI is InChI=1S/C14H21NO/c1-10(2)11(3)15-13-8-9-16-14-7-5-4-6-12(13)14/h4-7,10-11,13,15H,8-9H2,1-3H3/t11-,13+/m0/s1. The van der Waals surface area contributed by atoms with E-state index in [4.69, 9.17) is 4.74 Å². The maximum atomic E-state index is 5.66. The van der Waals surface area contributed by atoms with Crippen LogP contribution < -0.4 is 10.1 Å².